The van der Waals surface area contributed by atoms with Crippen LogP contribution in [0.1, 0.15) is 30.8 Å². The van der Waals surface area contributed by atoms with Crippen LogP contribution in [0.3, 0.4) is 0 Å². The van der Waals surface area contributed by atoms with Crippen LogP contribution in [0.15, 0.2) is 29.1 Å². The summed E-state index contributed by atoms with van der Waals surface area (Å²) in [6, 6.07) is 7.20. The Kier molecular flexibility index (Phi) is 3.87. The van der Waals surface area contributed by atoms with E-state index < -0.39 is 5.60 Å². The monoisotopic (exact) mass is 288 g/mol. The van der Waals surface area contributed by atoms with E-state index in [-0.39, 0.29) is 11.1 Å². The predicted octanol–water partition coefficient (Wildman–Crippen LogP) is 2.09. The lowest BCUT2D eigenvalue weighted by Crippen LogP contribution is -2.30. The Labute approximate surface area is 123 Å². The second kappa shape index (κ2) is 5.33. The molecule has 0 aliphatic rings. The van der Waals surface area contributed by atoms with Crippen LogP contribution in [-0.2, 0) is 5.60 Å². The number of aromatic nitrogens is 2. The number of aryl methyl sites for hydroxylation is 2. The fourth-order valence-corrected chi connectivity index (χ4v) is 2.18. The molecule has 1 aromatic carbocycles. The summed E-state index contributed by atoms with van der Waals surface area (Å²) >= 11 is 0. The molecule has 21 heavy (non-hydrogen) atoms. The van der Waals surface area contributed by atoms with Crippen LogP contribution in [0.4, 0.5) is 0 Å². The Balaban J connectivity index is 2.76. The summed E-state index contributed by atoms with van der Waals surface area (Å²) in [5, 5.41) is 14.4. The van der Waals surface area contributed by atoms with Crippen molar-refractivity contribution < 1.29 is 9.84 Å². The Morgan fingerprint density at radius 3 is 2.48 bits per heavy atom. The molecule has 5 nitrogen and oxygen atoms in total. The van der Waals surface area contributed by atoms with Crippen LogP contribution in [0, 0.1) is 13.8 Å². The Morgan fingerprint density at radius 1 is 1.24 bits per heavy atom. The van der Waals surface area contributed by atoms with E-state index in [4.69, 9.17) is 4.74 Å². The molecule has 2 rings (SSSR count). The molecule has 5 heteroatoms. The molecular formula is C16H20N2O3. The van der Waals surface area contributed by atoms with Crippen molar-refractivity contribution in [2.45, 2.75) is 33.3 Å². The Hall–Kier alpha value is -2.14. The maximum Gasteiger partial charge on any atom is 0.206 e. The molecule has 0 saturated heterocycles. The zero-order valence-electron chi connectivity index (χ0n) is 13.0. The summed E-state index contributed by atoms with van der Waals surface area (Å²) in [6.45, 7) is 6.86. The first-order chi connectivity index (χ1) is 9.74. The molecule has 0 radical (unpaired) electrons. The van der Waals surface area contributed by atoms with Gasteiger partial charge in [0.1, 0.15) is 22.7 Å². The number of methoxy groups -OCH3 is 1. The molecule has 0 fully saturated rings. The highest BCUT2D eigenvalue weighted by Crippen LogP contribution is 2.25. The van der Waals surface area contributed by atoms with E-state index in [1.54, 1.807) is 32.6 Å². The number of rotatable bonds is 3. The van der Waals surface area contributed by atoms with Crippen LogP contribution < -0.4 is 10.2 Å². The first kappa shape index (κ1) is 15.3. The third-order valence-electron chi connectivity index (χ3n) is 3.25. The quantitative estimate of drug-likeness (QED) is 0.939. The molecule has 0 amide bonds. The van der Waals surface area contributed by atoms with Gasteiger partial charge in [-0.25, -0.2) is 4.68 Å². The maximum absolute atomic E-state index is 12.0. The number of benzene rings is 1. The van der Waals surface area contributed by atoms with Crippen molar-refractivity contribution in [3.8, 4) is 11.4 Å². The number of ether oxygens (including phenoxy) is 1. The molecule has 1 N–H and O–H groups in total. The van der Waals surface area contributed by atoms with Gasteiger partial charge in [0.15, 0.2) is 0 Å². The lowest BCUT2D eigenvalue weighted by atomic mass is 10.0. The maximum atomic E-state index is 12.0. The molecule has 0 aliphatic heterocycles. The van der Waals surface area contributed by atoms with E-state index in [9.17, 15) is 9.90 Å². The zero-order chi connectivity index (χ0) is 15.8. The molecule has 0 unspecified atom stereocenters. The summed E-state index contributed by atoms with van der Waals surface area (Å²) in [6.07, 6.45) is 0. The van der Waals surface area contributed by atoms with E-state index in [0.717, 1.165) is 11.3 Å². The van der Waals surface area contributed by atoms with Crippen molar-refractivity contribution in [3.05, 3.63) is 51.4 Å². The van der Waals surface area contributed by atoms with Crippen LogP contribution >= 0.6 is 0 Å². The second-order valence-electron chi connectivity index (χ2n) is 5.64. The van der Waals surface area contributed by atoms with Gasteiger partial charge in [-0.1, -0.05) is 6.07 Å². The highest BCUT2D eigenvalue weighted by molar-refractivity contribution is 5.49. The number of aliphatic hydroxyl groups is 1. The first-order valence-electron chi connectivity index (χ1n) is 6.73. The number of nitrogens with zero attached hydrogens (tertiary/aromatic N) is 2. The summed E-state index contributed by atoms with van der Waals surface area (Å²) in [4.78, 5) is 12.0. The highest BCUT2D eigenvalue weighted by Gasteiger charge is 2.23. The van der Waals surface area contributed by atoms with Gasteiger partial charge in [0.2, 0.25) is 5.43 Å². The molecule has 0 bridgehead atoms. The predicted molar refractivity (Wildman–Crippen MR) is 81.1 cm³/mol. The van der Waals surface area contributed by atoms with Gasteiger partial charge < -0.3 is 9.84 Å². The minimum atomic E-state index is -1.30. The van der Waals surface area contributed by atoms with Crippen molar-refractivity contribution in [1.29, 1.82) is 0 Å². The lowest BCUT2D eigenvalue weighted by Gasteiger charge is -2.20. The molecule has 0 saturated carbocycles. The van der Waals surface area contributed by atoms with E-state index in [0.29, 0.717) is 11.4 Å². The zero-order valence-corrected chi connectivity index (χ0v) is 13.0. The molecular weight excluding hydrogens is 268 g/mol. The van der Waals surface area contributed by atoms with Gasteiger partial charge in [-0.3, -0.25) is 4.79 Å². The van der Waals surface area contributed by atoms with Gasteiger partial charge in [0.05, 0.1) is 7.11 Å². The summed E-state index contributed by atoms with van der Waals surface area (Å²) in [5.41, 5.74) is 0.997. The largest absolute Gasteiger partial charge is 0.494 e. The molecule has 112 valence electrons. The van der Waals surface area contributed by atoms with E-state index in [1.165, 1.54) is 6.07 Å². The lowest BCUT2D eigenvalue weighted by molar-refractivity contribution is 0.0709. The third kappa shape index (κ3) is 2.97. The van der Waals surface area contributed by atoms with Crippen molar-refractivity contribution in [1.82, 2.24) is 9.78 Å². The van der Waals surface area contributed by atoms with E-state index in [2.05, 4.69) is 5.10 Å². The second-order valence-corrected chi connectivity index (χ2v) is 5.64. The Morgan fingerprint density at radius 2 is 1.90 bits per heavy atom. The molecule has 1 aromatic heterocycles. The molecule has 1 heterocycles. The van der Waals surface area contributed by atoms with Crippen LogP contribution in [0.5, 0.6) is 5.75 Å². The van der Waals surface area contributed by atoms with Crippen LogP contribution in [0.25, 0.3) is 5.69 Å². The highest BCUT2D eigenvalue weighted by atomic mass is 16.5. The topological polar surface area (TPSA) is 64.3 Å². The van der Waals surface area contributed by atoms with Gasteiger partial charge >= 0.3 is 0 Å². The summed E-state index contributed by atoms with van der Waals surface area (Å²) < 4.78 is 6.99. The molecule has 0 aliphatic carbocycles. The number of hydrogen-bond donors (Lipinski definition) is 1. The van der Waals surface area contributed by atoms with E-state index in [1.807, 2.05) is 25.1 Å². The average molecular weight is 288 g/mol. The van der Waals surface area contributed by atoms with Gasteiger partial charge in [-0.15, -0.1) is 0 Å². The minimum Gasteiger partial charge on any atom is -0.494 e. The molecule has 2 aromatic rings. The van der Waals surface area contributed by atoms with Gasteiger partial charge in [0, 0.05) is 11.8 Å². The van der Waals surface area contributed by atoms with Crippen molar-refractivity contribution >= 4 is 0 Å². The minimum absolute atomic E-state index is 0.108. The smallest absolute Gasteiger partial charge is 0.206 e. The molecule has 0 atom stereocenters. The SMILES string of the molecule is COc1ccc(C)cc1-n1nc(C(C)(C)O)c(=O)cc1C. The van der Waals surface area contributed by atoms with Crippen molar-refractivity contribution in [2.75, 3.05) is 7.11 Å². The first-order valence-corrected chi connectivity index (χ1v) is 6.73. The van der Waals surface area contributed by atoms with Crippen molar-refractivity contribution in [3.63, 3.8) is 0 Å². The molecule has 0 spiro atoms. The van der Waals surface area contributed by atoms with E-state index >= 15 is 0 Å². The average Bonchev–Trinajstić information content (AvgIpc) is 2.37. The van der Waals surface area contributed by atoms with Gasteiger partial charge in [-0.2, -0.15) is 5.10 Å². The van der Waals surface area contributed by atoms with Crippen LogP contribution in [0.2, 0.25) is 0 Å². The van der Waals surface area contributed by atoms with Gasteiger partial charge in [0.25, 0.3) is 0 Å². The summed E-state index contributed by atoms with van der Waals surface area (Å²) in [7, 11) is 1.59. The number of hydrogen-bond acceptors (Lipinski definition) is 4. The normalized spacial score (nSPS) is 11.5. The fourth-order valence-electron chi connectivity index (χ4n) is 2.18. The van der Waals surface area contributed by atoms with Crippen LogP contribution in [-0.4, -0.2) is 22.0 Å². The standard InChI is InChI=1S/C16H20N2O3/c1-10-6-7-14(21-5)12(8-10)18-11(2)9-13(19)15(17-18)16(3,4)20/h6-9,20H,1-5H3. The fraction of sp³-hybridized carbons (Fsp3) is 0.375. The van der Waals surface area contributed by atoms with Gasteiger partial charge in [-0.05, 0) is 45.4 Å². The summed E-state index contributed by atoms with van der Waals surface area (Å²) in [5.74, 6) is 0.654. The van der Waals surface area contributed by atoms with Crippen molar-refractivity contribution in [2.24, 2.45) is 0 Å². The Bertz CT molecular complexity index is 727. The third-order valence-corrected chi connectivity index (χ3v) is 3.25.